The Morgan fingerprint density at radius 3 is 2.39 bits per heavy atom. The van der Waals surface area contributed by atoms with Crippen LogP contribution < -0.4 is 0 Å². The second-order valence-electron chi connectivity index (χ2n) is 9.20. The van der Waals surface area contributed by atoms with Crippen LogP contribution in [-0.2, 0) is 22.9 Å². The fraction of sp³-hybridized carbons (Fsp3) is 0.615. The van der Waals surface area contributed by atoms with Crippen LogP contribution in [0.15, 0.2) is 40.3 Å². The minimum Gasteiger partial charge on any atom is -0.506 e. The van der Waals surface area contributed by atoms with E-state index in [9.17, 15) is 13.5 Å². The first-order valence-electron chi connectivity index (χ1n) is 11.8. The monoisotopic (exact) mass is 447 g/mol. The summed E-state index contributed by atoms with van der Waals surface area (Å²) in [5.74, 6) is -0.0616. The standard InChI is InChI=1S/C26H41NO3S/c1-6-7-8-13-23-19-18-22(17-16-21(4)12-9-11-20(2)3)25(28)26(23)31(29,30)27(5)24-14-10-15-24/h11,16,18-19,24,28H,6-10,12-15,17H2,1-5H3/b21-16+. The minimum absolute atomic E-state index is 0.0498. The second-order valence-corrected chi connectivity index (χ2v) is 11.1. The van der Waals surface area contributed by atoms with Crippen molar-refractivity contribution in [2.75, 3.05) is 7.05 Å². The Hall–Kier alpha value is -1.59. The van der Waals surface area contributed by atoms with Gasteiger partial charge in [0, 0.05) is 13.1 Å². The largest absolute Gasteiger partial charge is 0.506 e. The molecule has 31 heavy (non-hydrogen) atoms. The van der Waals surface area contributed by atoms with Gasteiger partial charge >= 0.3 is 0 Å². The number of aromatic hydroxyl groups is 1. The number of unbranched alkanes of at least 4 members (excludes halogenated alkanes) is 2. The molecule has 0 bridgehead atoms. The number of phenols is 1. The predicted octanol–water partition coefficient (Wildman–Crippen LogP) is 6.53. The third-order valence-corrected chi connectivity index (χ3v) is 8.36. The van der Waals surface area contributed by atoms with E-state index in [0.717, 1.165) is 56.9 Å². The lowest BCUT2D eigenvalue weighted by molar-refractivity contribution is 0.249. The molecule has 5 heteroatoms. The van der Waals surface area contributed by atoms with E-state index in [1.54, 1.807) is 7.05 Å². The normalized spacial score (nSPS) is 15.2. The van der Waals surface area contributed by atoms with Gasteiger partial charge in [-0.05, 0) is 76.8 Å². The van der Waals surface area contributed by atoms with E-state index in [1.165, 1.54) is 15.5 Å². The van der Waals surface area contributed by atoms with Gasteiger partial charge in [-0.15, -0.1) is 0 Å². The van der Waals surface area contributed by atoms with Gasteiger partial charge in [-0.1, -0.05) is 61.6 Å². The lowest BCUT2D eigenvalue weighted by atomic mass is 9.93. The van der Waals surface area contributed by atoms with Crippen LogP contribution in [0.25, 0.3) is 0 Å². The zero-order valence-electron chi connectivity index (χ0n) is 20.1. The van der Waals surface area contributed by atoms with Gasteiger partial charge in [-0.2, -0.15) is 4.31 Å². The molecule has 1 aromatic rings. The number of hydrogen-bond donors (Lipinski definition) is 1. The van der Waals surface area contributed by atoms with Crippen LogP contribution in [0, 0.1) is 0 Å². The summed E-state index contributed by atoms with van der Waals surface area (Å²) in [4.78, 5) is 0.131. The lowest BCUT2D eigenvalue weighted by Crippen LogP contribution is -2.41. The summed E-state index contributed by atoms with van der Waals surface area (Å²) in [5.41, 5.74) is 3.99. The van der Waals surface area contributed by atoms with Crippen molar-refractivity contribution in [1.29, 1.82) is 0 Å². The Labute approximate surface area is 190 Å². The smallest absolute Gasteiger partial charge is 0.247 e. The minimum atomic E-state index is -3.73. The van der Waals surface area contributed by atoms with Gasteiger partial charge in [0.2, 0.25) is 10.0 Å². The molecule has 0 atom stereocenters. The number of sulfonamides is 1. The van der Waals surface area contributed by atoms with Gasteiger partial charge in [0.25, 0.3) is 0 Å². The highest BCUT2D eigenvalue weighted by Gasteiger charge is 2.35. The molecule has 0 amide bonds. The molecule has 1 aromatic carbocycles. The molecule has 0 saturated heterocycles. The van der Waals surface area contributed by atoms with Gasteiger partial charge in [-0.25, -0.2) is 8.42 Å². The molecule has 0 aromatic heterocycles. The highest BCUT2D eigenvalue weighted by atomic mass is 32.2. The summed E-state index contributed by atoms with van der Waals surface area (Å²) in [7, 11) is -2.07. The molecule has 1 aliphatic rings. The van der Waals surface area contributed by atoms with E-state index in [2.05, 4.69) is 39.8 Å². The van der Waals surface area contributed by atoms with E-state index >= 15 is 0 Å². The summed E-state index contributed by atoms with van der Waals surface area (Å²) < 4.78 is 28.4. The third-order valence-electron chi connectivity index (χ3n) is 6.33. The highest BCUT2D eigenvalue weighted by molar-refractivity contribution is 7.89. The van der Waals surface area contributed by atoms with Crippen molar-refractivity contribution in [2.24, 2.45) is 0 Å². The van der Waals surface area contributed by atoms with Gasteiger partial charge in [0.05, 0.1) is 0 Å². The number of hydrogen-bond acceptors (Lipinski definition) is 3. The third kappa shape index (κ3) is 6.95. The zero-order valence-corrected chi connectivity index (χ0v) is 20.9. The first-order valence-corrected chi connectivity index (χ1v) is 13.2. The first-order chi connectivity index (χ1) is 14.7. The number of nitrogens with zero attached hydrogens (tertiary/aromatic N) is 1. The SMILES string of the molecule is CCCCCc1ccc(C/C=C(\C)CCC=C(C)C)c(O)c1S(=O)(=O)N(C)C1CCC1. The summed E-state index contributed by atoms with van der Waals surface area (Å²) >= 11 is 0. The number of allylic oxidation sites excluding steroid dienone is 4. The zero-order chi connectivity index (χ0) is 23.0. The molecular formula is C26H41NO3S. The molecule has 174 valence electrons. The Morgan fingerprint density at radius 2 is 1.81 bits per heavy atom. The number of rotatable bonds is 12. The predicted molar refractivity (Wildman–Crippen MR) is 130 cm³/mol. The van der Waals surface area contributed by atoms with Crippen molar-refractivity contribution in [1.82, 2.24) is 4.31 Å². The summed E-state index contributed by atoms with van der Waals surface area (Å²) in [6, 6.07) is 3.87. The van der Waals surface area contributed by atoms with E-state index < -0.39 is 10.0 Å². The molecule has 1 N–H and O–H groups in total. The number of phenolic OH excluding ortho intramolecular Hbond substituents is 1. The molecule has 0 spiro atoms. The van der Waals surface area contributed by atoms with Crippen LogP contribution in [0.4, 0.5) is 0 Å². The summed E-state index contributed by atoms with van der Waals surface area (Å²) in [6.45, 7) is 8.43. The van der Waals surface area contributed by atoms with Gasteiger partial charge < -0.3 is 5.11 Å². The molecule has 0 heterocycles. The van der Waals surface area contributed by atoms with Gasteiger partial charge in [0.15, 0.2) is 0 Å². The second kappa shape index (κ2) is 11.9. The summed E-state index contributed by atoms with van der Waals surface area (Å²) in [6.07, 6.45) is 13.4. The topological polar surface area (TPSA) is 57.6 Å². The van der Waals surface area contributed by atoms with Gasteiger partial charge in [-0.3, -0.25) is 0 Å². The molecule has 0 aliphatic heterocycles. The number of aryl methyl sites for hydroxylation is 1. The van der Waals surface area contributed by atoms with Crippen LogP contribution in [0.1, 0.15) is 90.2 Å². The fourth-order valence-electron chi connectivity index (χ4n) is 3.93. The molecule has 0 unspecified atom stereocenters. The maximum Gasteiger partial charge on any atom is 0.247 e. The average Bonchev–Trinajstić information content (AvgIpc) is 2.65. The Bertz CT molecular complexity index is 891. The van der Waals surface area contributed by atoms with E-state index in [-0.39, 0.29) is 16.7 Å². The maximum absolute atomic E-state index is 13.5. The molecule has 4 nitrogen and oxygen atoms in total. The molecule has 0 radical (unpaired) electrons. The number of benzene rings is 1. The highest BCUT2D eigenvalue weighted by Crippen LogP contribution is 2.37. The lowest BCUT2D eigenvalue weighted by Gasteiger charge is -2.34. The van der Waals surface area contributed by atoms with Crippen molar-refractivity contribution < 1.29 is 13.5 Å². The van der Waals surface area contributed by atoms with Crippen LogP contribution in [0.2, 0.25) is 0 Å². The van der Waals surface area contributed by atoms with Crippen molar-refractivity contribution in [3.8, 4) is 5.75 Å². The van der Waals surface area contributed by atoms with Crippen LogP contribution in [0.5, 0.6) is 5.75 Å². The van der Waals surface area contributed by atoms with Crippen LogP contribution in [-0.4, -0.2) is 30.9 Å². The summed E-state index contributed by atoms with van der Waals surface area (Å²) in [5, 5.41) is 11.1. The first kappa shape index (κ1) is 25.7. The fourth-order valence-corrected chi connectivity index (χ4v) is 5.70. The Kier molecular flexibility index (Phi) is 9.83. The van der Waals surface area contributed by atoms with Crippen LogP contribution >= 0.6 is 0 Å². The van der Waals surface area contributed by atoms with Crippen molar-refractivity contribution in [3.63, 3.8) is 0 Å². The Balaban J connectivity index is 2.32. The van der Waals surface area contributed by atoms with Crippen molar-refractivity contribution >= 4 is 10.0 Å². The van der Waals surface area contributed by atoms with Gasteiger partial charge in [0.1, 0.15) is 10.6 Å². The molecular weight excluding hydrogens is 406 g/mol. The molecule has 1 aliphatic carbocycles. The quantitative estimate of drug-likeness (QED) is 0.293. The molecule has 1 fully saturated rings. The average molecular weight is 448 g/mol. The Morgan fingerprint density at radius 1 is 1.13 bits per heavy atom. The van der Waals surface area contributed by atoms with Crippen molar-refractivity contribution in [3.05, 3.63) is 46.6 Å². The van der Waals surface area contributed by atoms with E-state index in [0.29, 0.717) is 18.4 Å². The van der Waals surface area contributed by atoms with E-state index in [1.807, 2.05) is 12.1 Å². The van der Waals surface area contributed by atoms with Crippen LogP contribution in [0.3, 0.4) is 0 Å². The molecule has 1 saturated carbocycles. The molecule has 2 rings (SSSR count). The van der Waals surface area contributed by atoms with E-state index in [4.69, 9.17) is 0 Å². The maximum atomic E-state index is 13.5. The van der Waals surface area contributed by atoms with Crippen molar-refractivity contribution in [2.45, 2.75) is 103 Å².